The zero-order valence-electron chi connectivity index (χ0n) is 3.57. The third-order valence-electron chi connectivity index (χ3n) is 0. The van der Waals surface area contributed by atoms with Gasteiger partial charge < -0.3 is 36.1 Å². The van der Waals surface area contributed by atoms with Crippen LogP contribution in [0.2, 0.25) is 0 Å². The SMILES string of the molecule is [C-]#N.[C-]#N.[Cl-].[Cu+2].[Li+]. The van der Waals surface area contributed by atoms with Crippen LogP contribution < -0.4 is 31.3 Å². The zero-order valence-corrected chi connectivity index (χ0v) is 5.27. The first-order chi connectivity index (χ1) is 2.00. The predicted octanol–water partition coefficient (Wildman–Crippen LogP) is -5.80. The van der Waals surface area contributed by atoms with Gasteiger partial charge in [-0.3, -0.25) is 0 Å². The molecule has 37 valence electrons. The Hall–Kier alpha value is 0.387. The van der Waals surface area contributed by atoms with E-state index in [9.17, 15) is 0 Å². The van der Waals surface area contributed by atoms with Gasteiger partial charge in [-0.05, 0) is 0 Å². The van der Waals surface area contributed by atoms with Gasteiger partial charge in [0.05, 0.1) is 0 Å². The van der Waals surface area contributed by atoms with Crippen molar-refractivity contribution < 1.29 is 48.3 Å². The smallest absolute Gasteiger partial charge is 1.00 e. The van der Waals surface area contributed by atoms with E-state index in [-0.39, 0.29) is 48.3 Å². The molecule has 0 aromatic rings. The van der Waals surface area contributed by atoms with Gasteiger partial charge >= 0.3 is 35.9 Å². The standard InChI is InChI=1S/2CN.ClH.Cu.Li/c2*1-2;;;/h;;1H;;/q2*-1;;+2;+1/p-1. The molecule has 1 radical (unpaired) electrons. The summed E-state index contributed by atoms with van der Waals surface area (Å²) in [6.45, 7) is 9.50. The van der Waals surface area contributed by atoms with E-state index in [1.54, 1.807) is 0 Å². The van der Waals surface area contributed by atoms with Crippen LogP contribution in [0.4, 0.5) is 0 Å². The Balaban J connectivity index is -0.00000000267. The molecule has 0 heterocycles. The maximum Gasteiger partial charge on any atom is 2.00 e. The van der Waals surface area contributed by atoms with Gasteiger partial charge in [0.2, 0.25) is 0 Å². The Morgan fingerprint density at radius 3 is 0.857 bits per heavy atom. The van der Waals surface area contributed by atoms with Crippen molar-refractivity contribution in [3.8, 4) is 0 Å². The third kappa shape index (κ3) is 821. The molecule has 0 amide bonds. The Morgan fingerprint density at radius 1 is 0.857 bits per heavy atom. The summed E-state index contributed by atoms with van der Waals surface area (Å²) in [5, 5.41) is 12.5. The largest absolute Gasteiger partial charge is 2.00 e. The summed E-state index contributed by atoms with van der Waals surface area (Å²) in [4.78, 5) is 0. The Labute approximate surface area is 71.9 Å². The van der Waals surface area contributed by atoms with Crippen molar-refractivity contribution in [3.05, 3.63) is 13.1 Å². The van der Waals surface area contributed by atoms with Crippen molar-refractivity contribution >= 4 is 0 Å². The van der Waals surface area contributed by atoms with Crippen LogP contribution in [0.5, 0.6) is 0 Å². The van der Waals surface area contributed by atoms with Crippen LogP contribution in [0, 0.1) is 23.7 Å². The third-order valence-corrected chi connectivity index (χ3v) is 0. The average molecular weight is 158 g/mol. The minimum atomic E-state index is 0. The molecule has 5 heteroatoms. The maximum atomic E-state index is 6.25. The van der Waals surface area contributed by atoms with Crippen molar-refractivity contribution in [1.82, 2.24) is 0 Å². The van der Waals surface area contributed by atoms with Crippen molar-refractivity contribution in [2.24, 2.45) is 0 Å². The van der Waals surface area contributed by atoms with Crippen LogP contribution in [0.25, 0.3) is 0 Å². The summed E-state index contributed by atoms with van der Waals surface area (Å²) in [5.41, 5.74) is 0. The summed E-state index contributed by atoms with van der Waals surface area (Å²) in [6.07, 6.45) is 0. The first-order valence-electron chi connectivity index (χ1n) is 0.447. The quantitative estimate of drug-likeness (QED) is 0.260. The maximum absolute atomic E-state index is 6.25. The molecule has 0 atom stereocenters. The van der Waals surface area contributed by atoms with Crippen LogP contribution in [0.15, 0.2) is 0 Å². The molecule has 0 aromatic heterocycles. The van der Waals surface area contributed by atoms with E-state index in [4.69, 9.17) is 23.7 Å². The number of rotatable bonds is 0. The number of hydrogen-bond donors (Lipinski definition) is 0. The van der Waals surface area contributed by atoms with Crippen LogP contribution >= 0.6 is 0 Å². The molecule has 0 N–H and O–H groups in total. The summed E-state index contributed by atoms with van der Waals surface area (Å²) in [5.74, 6) is 0. The molecule has 0 aliphatic heterocycles. The average Bonchev–Trinajstić information content (AvgIpc) is 1.50. The van der Waals surface area contributed by atoms with Crippen molar-refractivity contribution in [3.63, 3.8) is 0 Å². The van der Waals surface area contributed by atoms with Gasteiger partial charge in [0.25, 0.3) is 0 Å². The van der Waals surface area contributed by atoms with E-state index in [1.165, 1.54) is 0 Å². The molecule has 0 saturated carbocycles. The Bertz CT molecular complexity index is 31.2. The molecule has 0 aliphatic rings. The van der Waals surface area contributed by atoms with E-state index >= 15 is 0 Å². The molecule has 2 nitrogen and oxygen atoms in total. The summed E-state index contributed by atoms with van der Waals surface area (Å²) < 4.78 is 0. The van der Waals surface area contributed by atoms with Crippen molar-refractivity contribution in [2.45, 2.75) is 0 Å². The van der Waals surface area contributed by atoms with Gasteiger partial charge in [0.1, 0.15) is 0 Å². The van der Waals surface area contributed by atoms with E-state index in [2.05, 4.69) is 0 Å². The van der Waals surface area contributed by atoms with Gasteiger partial charge in [0.15, 0.2) is 0 Å². The Kier molecular flexibility index (Phi) is 9360. The summed E-state index contributed by atoms with van der Waals surface area (Å²) in [6, 6.07) is 0. The molecule has 0 aromatic carbocycles. The van der Waals surface area contributed by atoms with E-state index in [0.29, 0.717) is 0 Å². The van der Waals surface area contributed by atoms with Crippen LogP contribution in [-0.2, 0) is 17.1 Å². The molecule has 0 fully saturated rings. The fraction of sp³-hybridized carbons (Fsp3) is 0. The van der Waals surface area contributed by atoms with Gasteiger partial charge in [-0.25, -0.2) is 0 Å². The van der Waals surface area contributed by atoms with Crippen molar-refractivity contribution in [1.29, 1.82) is 10.5 Å². The molecule has 7 heavy (non-hydrogen) atoms. The Morgan fingerprint density at radius 2 is 0.857 bits per heavy atom. The van der Waals surface area contributed by atoms with E-state index in [0.717, 1.165) is 0 Å². The predicted molar refractivity (Wildman–Crippen MR) is 9.94 cm³/mol. The zero-order chi connectivity index (χ0) is 4.00. The molecule has 0 spiro atoms. The molecule has 0 aliphatic carbocycles. The first kappa shape index (κ1) is 52.9. The van der Waals surface area contributed by atoms with Crippen molar-refractivity contribution in [2.75, 3.05) is 0 Å². The van der Waals surface area contributed by atoms with Gasteiger partial charge in [-0.1, -0.05) is 0 Å². The fourth-order valence-corrected chi connectivity index (χ4v) is 0. The summed E-state index contributed by atoms with van der Waals surface area (Å²) in [7, 11) is 0. The normalized spacial score (nSPS) is 0.571. The van der Waals surface area contributed by atoms with Crippen LogP contribution in [-0.4, -0.2) is 0 Å². The van der Waals surface area contributed by atoms with Gasteiger partial charge in [-0.15, -0.1) is 0 Å². The van der Waals surface area contributed by atoms with E-state index in [1.807, 2.05) is 0 Å². The second-order valence-electron chi connectivity index (χ2n) is 0. The van der Waals surface area contributed by atoms with Gasteiger partial charge in [-0.2, -0.15) is 0 Å². The first-order valence-corrected chi connectivity index (χ1v) is 0.447. The monoisotopic (exact) mass is 157 g/mol. The number of nitrogens with zero attached hydrogens (tertiary/aromatic N) is 2. The molecule has 0 saturated heterocycles. The van der Waals surface area contributed by atoms with Gasteiger partial charge in [0, 0.05) is 0 Å². The molecule has 0 rings (SSSR count). The molecule has 0 unspecified atom stereocenters. The number of halogens is 1. The molecule has 0 bridgehead atoms. The second-order valence-corrected chi connectivity index (χ2v) is 0. The molecular weight excluding hydrogens is 158 g/mol. The minimum Gasteiger partial charge on any atom is -1.00 e. The van der Waals surface area contributed by atoms with E-state index < -0.39 is 0 Å². The topological polar surface area (TPSA) is 47.6 Å². The van der Waals surface area contributed by atoms with Crippen LogP contribution in [0.1, 0.15) is 0 Å². The fourth-order valence-electron chi connectivity index (χ4n) is 0. The van der Waals surface area contributed by atoms with Crippen LogP contribution in [0.3, 0.4) is 0 Å². The second kappa shape index (κ2) is 1240. The number of hydrogen-bond acceptors (Lipinski definition) is 2. The summed E-state index contributed by atoms with van der Waals surface area (Å²) >= 11 is 0. The minimum absolute atomic E-state index is 0. The molecular formula is C2ClCuLiN2.